The Morgan fingerprint density at radius 1 is 1.42 bits per heavy atom. The zero-order chi connectivity index (χ0) is 14.4. The first-order chi connectivity index (χ1) is 8.93. The van der Waals surface area contributed by atoms with Crippen LogP contribution in [0.1, 0.15) is 29.3 Å². The molecule has 0 saturated carbocycles. The summed E-state index contributed by atoms with van der Waals surface area (Å²) in [5.74, 6) is 0.507. The van der Waals surface area contributed by atoms with E-state index in [1.54, 1.807) is 13.3 Å². The van der Waals surface area contributed by atoms with Gasteiger partial charge in [0.05, 0.1) is 5.56 Å². The Bertz CT molecular complexity index is 475. The molecule has 1 rings (SSSR count). The van der Waals surface area contributed by atoms with E-state index in [1.807, 2.05) is 32.0 Å². The van der Waals surface area contributed by atoms with Gasteiger partial charge in [-0.2, -0.15) is 0 Å². The molecule has 0 aliphatic rings. The zero-order valence-corrected chi connectivity index (χ0v) is 12.8. The predicted octanol–water partition coefficient (Wildman–Crippen LogP) is 1.92. The molecule has 0 radical (unpaired) electrons. The van der Waals surface area contributed by atoms with E-state index in [9.17, 15) is 9.00 Å². The van der Waals surface area contributed by atoms with Gasteiger partial charge in [-0.3, -0.25) is 9.00 Å². The summed E-state index contributed by atoms with van der Waals surface area (Å²) in [5.41, 5.74) is 2.57. The van der Waals surface area contributed by atoms with E-state index in [0.29, 0.717) is 11.3 Å². The van der Waals surface area contributed by atoms with E-state index in [0.717, 1.165) is 17.7 Å². The summed E-state index contributed by atoms with van der Waals surface area (Å²) in [7, 11) is 0.983. The van der Waals surface area contributed by atoms with Gasteiger partial charge in [0.25, 0.3) is 5.91 Å². The van der Waals surface area contributed by atoms with Crippen LogP contribution in [0.3, 0.4) is 0 Å². The van der Waals surface area contributed by atoms with Crippen LogP contribution in [0.25, 0.3) is 0 Å². The van der Waals surface area contributed by atoms with Crippen LogP contribution in [-0.2, 0) is 10.8 Å². The molecule has 0 fully saturated rings. The lowest BCUT2D eigenvalue weighted by Crippen LogP contribution is -2.33. The zero-order valence-electron chi connectivity index (χ0n) is 11.9. The first-order valence-electron chi connectivity index (χ1n) is 6.33. The highest BCUT2D eigenvalue weighted by Crippen LogP contribution is 2.17. The molecule has 0 aliphatic heterocycles. The summed E-state index contributed by atoms with van der Waals surface area (Å²) in [6.45, 7) is 3.92. The van der Waals surface area contributed by atoms with Crippen molar-refractivity contribution >= 4 is 22.4 Å². The second-order valence-corrected chi connectivity index (χ2v) is 6.29. The van der Waals surface area contributed by atoms with E-state index >= 15 is 0 Å². The fourth-order valence-corrected chi connectivity index (χ4v) is 2.46. The Hall–Kier alpha value is -1.36. The van der Waals surface area contributed by atoms with Gasteiger partial charge < -0.3 is 10.6 Å². The van der Waals surface area contributed by atoms with Crippen molar-refractivity contribution in [1.29, 1.82) is 0 Å². The number of rotatable bonds is 6. The molecule has 2 N–H and O–H groups in total. The van der Waals surface area contributed by atoms with Crippen molar-refractivity contribution in [3.8, 4) is 0 Å². The van der Waals surface area contributed by atoms with Crippen molar-refractivity contribution < 1.29 is 9.00 Å². The average molecular weight is 282 g/mol. The number of hydrogen-bond acceptors (Lipinski definition) is 3. The third kappa shape index (κ3) is 5.03. The molecular weight excluding hydrogens is 260 g/mol. The van der Waals surface area contributed by atoms with E-state index in [2.05, 4.69) is 10.6 Å². The third-order valence-corrected chi connectivity index (χ3v) is 3.72. The summed E-state index contributed by atoms with van der Waals surface area (Å²) in [6.07, 6.45) is 2.39. The molecule has 0 aliphatic carbocycles. The van der Waals surface area contributed by atoms with Crippen LogP contribution in [0.4, 0.5) is 5.69 Å². The summed E-state index contributed by atoms with van der Waals surface area (Å²) >= 11 is 0. The number of carbonyl (C=O) groups excluding carboxylic acids is 1. The monoisotopic (exact) mass is 282 g/mol. The minimum atomic E-state index is -0.818. The van der Waals surface area contributed by atoms with Gasteiger partial charge >= 0.3 is 0 Å². The molecule has 0 aromatic heterocycles. The molecule has 2 atom stereocenters. The van der Waals surface area contributed by atoms with Crippen LogP contribution in [0.15, 0.2) is 18.2 Å². The maximum Gasteiger partial charge on any atom is 0.253 e. The number of anilines is 1. The summed E-state index contributed by atoms with van der Waals surface area (Å²) in [5, 5.41) is 5.96. The van der Waals surface area contributed by atoms with Crippen molar-refractivity contribution in [1.82, 2.24) is 5.32 Å². The number of carbonyl (C=O) groups is 1. The van der Waals surface area contributed by atoms with Crippen LogP contribution in [0.2, 0.25) is 0 Å². The topological polar surface area (TPSA) is 58.2 Å². The van der Waals surface area contributed by atoms with Crippen LogP contribution in [-0.4, -0.2) is 35.2 Å². The fourth-order valence-electron chi connectivity index (χ4n) is 1.78. The Morgan fingerprint density at radius 3 is 2.68 bits per heavy atom. The van der Waals surface area contributed by atoms with E-state index in [-0.39, 0.29) is 11.9 Å². The number of hydrogen-bond donors (Lipinski definition) is 2. The first-order valence-corrected chi connectivity index (χ1v) is 8.06. The highest BCUT2D eigenvalue weighted by Gasteiger charge is 2.13. The van der Waals surface area contributed by atoms with Crippen LogP contribution in [0.5, 0.6) is 0 Å². The molecule has 0 spiro atoms. The Labute approximate surface area is 117 Å². The average Bonchev–Trinajstić information content (AvgIpc) is 2.35. The number of benzene rings is 1. The molecule has 0 saturated heterocycles. The third-order valence-electron chi connectivity index (χ3n) is 2.90. The highest BCUT2D eigenvalue weighted by molar-refractivity contribution is 7.84. The second-order valence-electron chi connectivity index (χ2n) is 4.74. The smallest absolute Gasteiger partial charge is 0.253 e. The standard InChI is InChI=1S/C14H22N2O2S/c1-10-5-6-12(13(9-10)15-3)14(17)16-11(2)7-8-19(4)18/h5-6,9,11,15H,7-8H2,1-4H3,(H,16,17). The Kier molecular flexibility index (Phi) is 6.02. The quantitative estimate of drug-likeness (QED) is 0.838. The first kappa shape index (κ1) is 15.7. The molecular formula is C14H22N2O2S. The van der Waals surface area contributed by atoms with E-state index in [4.69, 9.17) is 0 Å². The normalized spacial score (nSPS) is 13.7. The maximum atomic E-state index is 12.2. The molecule has 2 unspecified atom stereocenters. The minimum Gasteiger partial charge on any atom is -0.387 e. The van der Waals surface area contributed by atoms with E-state index in [1.165, 1.54) is 0 Å². The molecule has 0 heterocycles. The van der Waals surface area contributed by atoms with Gasteiger partial charge in [-0.25, -0.2) is 0 Å². The van der Waals surface area contributed by atoms with Crippen molar-refractivity contribution in [3.63, 3.8) is 0 Å². The lowest BCUT2D eigenvalue weighted by atomic mass is 10.1. The number of nitrogens with one attached hydrogen (secondary N) is 2. The van der Waals surface area contributed by atoms with Crippen LogP contribution < -0.4 is 10.6 Å². The predicted molar refractivity (Wildman–Crippen MR) is 81.2 cm³/mol. The molecule has 106 valence electrons. The van der Waals surface area contributed by atoms with Gasteiger partial charge in [-0.15, -0.1) is 0 Å². The van der Waals surface area contributed by atoms with Gasteiger partial charge in [0.2, 0.25) is 0 Å². The lowest BCUT2D eigenvalue weighted by Gasteiger charge is -2.15. The summed E-state index contributed by atoms with van der Waals surface area (Å²) in [6, 6.07) is 5.70. The molecule has 19 heavy (non-hydrogen) atoms. The van der Waals surface area contributed by atoms with Crippen LogP contribution >= 0.6 is 0 Å². The molecule has 0 bridgehead atoms. The largest absolute Gasteiger partial charge is 0.387 e. The highest BCUT2D eigenvalue weighted by atomic mass is 32.2. The summed E-state index contributed by atoms with van der Waals surface area (Å²) in [4.78, 5) is 12.2. The SMILES string of the molecule is CNc1cc(C)ccc1C(=O)NC(C)CCS(C)=O. The fraction of sp³-hybridized carbons (Fsp3) is 0.500. The lowest BCUT2D eigenvalue weighted by molar-refractivity contribution is 0.0940. The van der Waals surface area contributed by atoms with Gasteiger partial charge in [0.1, 0.15) is 0 Å². The van der Waals surface area contributed by atoms with Gasteiger partial charge in [-0.05, 0) is 38.0 Å². The Morgan fingerprint density at radius 2 is 2.11 bits per heavy atom. The molecule has 1 aromatic carbocycles. The van der Waals surface area contributed by atoms with E-state index < -0.39 is 10.8 Å². The van der Waals surface area contributed by atoms with Crippen molar-refractivity contribution in [2.45, 2.75) is 26.3 Å². The van der Waals surface area contributed by atoms with Gasteiger partial charge in [0, 0.05) is 41.6 Å². The molecule has 1 amide bonds. The molecule has 4 nitrogen and oxygen atoms in total. The molecule has 5 heteroatoms. The number of amides is 1. The summed E-state index contributed by atoms with van der Waals surface area (Å²) < 4.78 is 11.0. The Balaban J connectivity index is 2.70. The van der Waals surface area contributed by atoms with Gasteiger partial charge in [0.15, 0.2) is 0 Å². The van der Waals surface area contributed by atoms with Crippen molar-refractivity contribution in [3.05, 3.63) is 29.3 Å². The second kappa shape index (κ2) is 7.28. The number of aryl methyl sites for hydroxylation is 1. The van der Waals surface area contributed by atoms with Gasteiger partial charge in [-0.1, -0.05) is 6.07 Å². The van der Waals surface area contributed by atoms with Crippen LogP contribution in [0, 0.1) is 6.92 Å². The maximum absolute atomic E-state index is 12.2. The van der Waals surface area contributed by atoms with Crippen molar-refractivity contribution in [2.24, 2.45) is 0 Å². The molecule has 1 aromatic rings. The van der Waals surface area contributed by atoms with Crippen molar-refractivity contribution in [2.75, 3.05) is 24.4 Å². The minimum absolute atomic E-state index is 0.0161.